The lowest BCUT2D eigenvalue weighted by atomic mass is 10.2. The molecule has 3 rings (SSSR count). The number of nitrogens with zero attached hydrogens (tertiary/aromatic N) is 1. The Labute approximate surface area is 162 Å². The number of hydrogen-bond donors (Lipinski definition) is 2. The van der Waals surface area contributed by atoms with Gasteiger partial charge in [-0.3, -0.25) is 9.59 Å². The molecule has 1 heterocycles. The summed E-state index contributed by atoms with van der Waals surface area (Å²) in [7, 11) is 1.59. The lowest BCUT2D eigenvalue weighted by Gasteiger charge is -2.29. The SMILES string of the molecule is COc1ccccc1/C=C/C(=O)Nc1ccc(N2CCNC(=O)C2)c(Cl)c1. The third kappa shape index (κ3) is 4.80. The first-order valence-corrected chi connectivity index (χ1v) is 8.88. The van der Waals surface area contributed by atoms with Crippen molar-refractivity contribution >= 4 is 40.9 Å². The molecule has 1 fully saturated rings. The van der Waals surface area contributed by atoms with E-state index in [1.165, 1.54) is 6.08 Å². The van der Waals surface area contributed by atoms with Crippen molar-refractivity contribution < 1.29 is 14.3 Å². The minimum atomic E-state index is -0.276. The molecule has 0 atom stereocenters. The standard InChI is InChI=1S/C20H20ClN3O3/c1-27-18-5-3-2-4-14(18)6-9-19(25)23-15-7-8-17(16(21)12-15)24-11-10-22-20(26)13-24/h2-9,12H,10-11,13H2,1H3,(H,22,26)(H,23,25)/b9-6+. The van der Waals surface area contributed by atoms with Crippen molar-refractivity contribution in [3.63, 3.8) is 0 Å². The summed E-state index contributed by atoms with van der Waals surface area (Å²) in [5, 5.41) is 6.04. The van der Waals surface area contributed by atoms with E-state index in [0.717, 1.165) is 11.3 Å². The molecule has 0 saturated carbocycles. The lowest BCUT2D eigenvalue weighted by Crippen LogP contribution is -2.47. The third-order valence-corrected chi connectivity index (χ3v) is 4.45. The smallest absolute Gasteiger partial charge is 0.248 e. The molecule has 2 aromatic carbocycles. The number of benzene rings is 2. The Kier molecular flexibility index (Phi) is 5.98. The number of halogens is 1. The molecule has 0 aromatic heterocycles. The van der Waals surface area contributed by atoms with E-state index in [1.54, 1.807) is 31.4 Å². The average Bonchev–Trinajstić information content (AvgIpc) is 2.66. The minimum Gasteiger partial charge on any atom is -0.496 e. The molecule has 6 nitrogen and oxygen atoms in total. The van der Waals surface area contributed by atoms with Gasteiger partial charge >= 0.3 is 0 Å². The van der Waals surface area contributed by atoms with E-state index in [-0.39, 0.29) is 18.4 Å². The summed E-state index contributed by atoms with van der Waals surface area (Å²) >= 11 is 6.35. The fraction of sp³-hybridized carbons (Fsp3) is 0.200. The van der Waals surface area contributed by atoms with Gasteiger partial charge in [-0.15, -0.1) is 0 Å². The number of rotatable bonds is 5. The molecule has 0 spiro atoms. The Morgan fingerprint density at radius 2 is 2.11 bits per heavy atom. The van der Waals surface area contributed by atoms with Crippen LogP contribution in [0.1, 0.15) is 5.56 Å². The Morgan fingerprint density at radius 1 is 1.30 bits per heavy atom. The summed E-state index contributed by atoms with van der Waals surface area (Å²) in [6.07, 6.45) is 3.13. The number of anilines is 2. The average molecular weight is 386 g/mol. The zero-order valence-corrected chi connectivity index (χ0v) is 15.6. The normalized spacial score (nSPS) is 14.1. The monoisotopic (exact) mass is 385 g/mol. The molecule has 2 aromatic rings. The van der Waals surface area contributed by atoms with Crippen LogP contribution in [-0.4, -0.2) is 38.6 Å². The Bertz CT molecular complexity index is 883. The van der Waals surface area contributed by atoms with Gasteiger partial charge in [0.1, 0.15) is 5.75 Å². The van der Waals surface area contributed by atoms with Crippen molar-refractivity contribution in [3.8, 4) is 5.75 Å². The largest absolute Gasteiger partial charge is 0.496 e. The summed E-state index contributed by atoms with van der Waals surface area (Å²) < 4.78 is 5.26. The highest BCUT2D eigenvalue weighted by Gasteiger charge is 2.18. The van der Waals surface area contributed by atoms with Gasteiger partial charge in [-0.05, 0) is 30.3 Å². The van der Waals surface area contributed by atoms with Crippen LogP contribution in [0.4, 0.5) is 11.4 Å². The van der Waals surface area contributed by atoms with E-state index in [1.807, 2.05) is 29.2 Å². The molecule has 2 N–H and O–H groups in total. The van der Waals surface area contributed by atoms with E-state index >= 15 is 0 Å². The molecule has 0 bridgehead atoms. The van der Waals surface area contributed by atoms with E-state index in [4.69, 9.17) is 16.3 Å². The fourth-order valence-corrected chi connectivity index (χ4v) is 3.14. The number of piperazine rings is 1. The van der Waals surface area contributed by atoms with Crippen LogP contribution in [0, 0.1) is 0 Å². The molecule has 7 heteroatoms. The predicted molar refractivity (Wildman–Crippen MR) is 107 cm³/mol. The molecular weight excluding hydrogens is 366 g/mol. The zero-order chi connectivity index (χ0) is 19.2. The van der Waals surface area contributed by atoms with Crippen LogP contribution in [0.5, 0.6) is 5.75 Å². The number of carbonyl (C=O) groups excluding carboxylic acids is 2. The number of nitrogens with one attached hydrogen (secondary N) is 2. The van der Waals surface area contributed by atoms with E-state index in [9.17, 15) is 9.59 Å². The van der Waals surface area contributed by atoms with Crippen LogP contribution in [0.2, 0.25) is 5.02 Å². The van der Waals surface area contributed by atoms with Gasteiger partial charge in [-0.2, -0.15) is 0 Å². The van der Waals surface area contributed by atoms with E-state index in [2.05, 4.69) is 10.6 Å². The van der Waals surface area contributed by atoms with E-state index < -0.39 is 0 Å². The van der Waals surface area contributed by atoms with Crippen LogP contribution < -0.4 is 20.3 Å². The maximum atomic E-state index is 12.2. The van der Waals surface area contributed by atoms with E-state index in [0.29, 0.717) is 29.5 Å². The summed E-state index contributed by atoms with van der Waals surface area (Å²) in [6.45, 7) is 1.55. The fourth-order valence-electron chi connectivity index (χ4n) is 2.84. The number of hydrogen-bond acceptors (Lipinski definition) is 4. The number of carbonyl (C=O) groups is 2. The number of para-hydroxylation sites is 1. The second-order valence-electron chi connectivity index (χ2n) is 6.00. The summed E-state index contributed by atoms with van der Waals surface area (Å²) in [5.74, 6) is 0.387. The van der Waals surface area contributed by atoms with Crippen molar-refractivity contribution in [2.24, 2.45) is 0 Å². The second-order valence-corrected chi connectivity index (χ2v) is 6.41. The molecule has 1 aliphatic heterocycles. The first-order valence-electron chi connectivity index (χ1n) is 8.50. The van der Waals surface area contributed by atoms with Gasteiger partial charge in [0.2, 0.25) is 11.8 Å². The lowest BCUT2D eigenvalue weighted by molar-refractivity contribution is -0.120. The molecule has 0 unspecified atom stereocenters. The van der Waals surface area contributed by atoms with Gasteiger partial charge in [0.15, 0.2) is 0 Å². The molecule has 2 amide bonds. The highest BCUT2D eigenvalue weighted by Crippen LogP contribution is 2.29. The first kappa shape index (κ1) is 18.8. The van der Waals surface area contributed by atoms with Gasteiger partial charge in [-0.25, -0.2) is 0 Å². The topological polar surface area (TPSA) is 70.7 Å². The van der Waals surface area contributed by atoms with Crippen molar-refractivity contribution in [2.45, 2.75) is 0 Å². The van der Waals surface area contributed by atoms with Crippen molar-refractivity contribution in [1.82, 2.24) is 5.32 Å². The van der Waals surface area contributed by atoms with Gasteiger partial charge < -0.3 is 20.3 Å². The number of ether oxygens (including phenoxy) is 1. The number of amides is 2. The maximum absolute atomic E-state index is 12.2. The van der Waals surface area contributed by atoms with Crippen molar-refractivity contribution in [3.05, 3.63) is 59.1 Å². The molecule has 1 aliphatic rings. The van der Waals surface area contributed by atoms with Crippen molar-refractivity contribution in [2.75, 3.05) is 37.0 Å². The summed E-state index contributed by atoms with van der Waals surface area (Å²) in [6, 6.07) is 12.7. The molecule has 1 saturated heterocycles. The van der Waals surface area contributed by atoms with Gasteiger partial charge in [0, 0.05) is 30.4 Å². The van der Waals surface area contributed by atoms with Crippen LogP contribution in [0.25, 0.3) is 6.08 Å². The third-order valence-electron chi connectivity index (χ3n) is 4.15. The van der Waals surface area contributed by atoms with Gasteiger partial charge in [0.25, 0.3) is 0 Å². The van der Waals surface area contributed by atoms with Gasteiger partial charge in [0.05, 0.1) is 24.4 Å². The quantitative estimate of drug-likeness (QED) is 0.776. The highest BCUT2D eigenvalue weighted by molar-refractivity contribution is 6.33. The Balaban J connectivity index is 1.67. The zero-order valence-electron chi connectivity index (χ0n) is 14.9. The maximum Gasteiger partial charge on any atom is 0.248 e. The highest BCUT2D eigenvalue weighted by atomic mass is 35.5. The minimum absolute atomic E-state index is 0.0313. The molecule has 27 heavy (non-hydrogen) atoms. The Morgan fingerprint density at radius 3 is 2.85 bits per heavy atom. The first-order chi connectivity index (χ1) is 13.1. The second kappa shape index (κ2) is 8.60. The predicted octanol–water partition coefficient (Wildman–Crippen LogP) is 2.94. The molecule has 140 valence electrons. The number of methoxy groups -OCH3 is 1. The molecule has 0 aliphatic carbocycles. The van der Waals surface area contributed by atoms with Crippen LogP contribution in [0.3, 0.4) is 0 Å². The van der Waals surface area contributed by atoms with Crippen LogP contribution in [0.15, 0.2) is 48.5 Å². The van der Waals surface area contributed by atoms with Crippen molar-refractivity contribution in [1.29, 1.82) is 0 Å². The van der Waals surface area contributed by atoms with Gasteiger partial charge in [-0.1, -0.05) is 29.8 Å². The summed E-state index contributed by atoms with van der Waals surface area (Å²) in [5.41, 5.74) is 2.17. The Hall–Kier alpha value is -2.99. The molecule has 0 radical (unpaired) electrons. The van der Waals surface area contributed by atoms with Crippen LogP contribution in [-0.2, 0) is 9.59 Å². The van der Waals surface area contributed by atoms with Crippen LogP contribution >= 0.6 is 11.6 Å². The molecular formula is C20H20ClN3O3. The summed E-state index contributed by atoms with van der Waals surface area (Å²) in [4.78, 5) is 25.6.